The second kappa shape index (κ2) is 19.1. The van der Waals surface area contributed by atoms with Crippen LogP contribution in [0.1, 0.15) is 103 Å². The summed E-state index contributed by atoms with van der Waals surface area (Å²) in [5, 5.41) is 16.5. The van der Waals surface area contributed by atoms with Crippen molar-refractivity contribution in [3.8, 4) is 5.75 Å². The summed E-state index contributed by atoms with van der Waals surface area (Å²) < 4.78 is 70.3. The zero-order chi connectivity index (χ0) is 34.2. The van der Waals surface area contributed by atoms with E-state index in [1.165, 1.54) is 63.1 Å². The summed E-state index contributed by atoms with van der Waals surface area (Å²) in [6.45, 7) is 1.48. The van der Waals surface area contributed by atoms with Gasteiger partial charge in [0.2, 0.25) is 9.91 Å². The zero-order valence-electron chi connectivity index (χ0n) is 26.9. The van der Waals surface area contributed by atoms with Crippen molar-refractivity contribution in [1.29, 1.82) is 0 Å². The lowest BCUT2D eigenvalue weighted by atomic mass is 10.0. The molecule has 0 spiro atoms. The average Bonchev–Trinajstić information content (AvgIpc) is 3.43. The summed E-state index contributed by atoms with van der Waals surface area (Å²) in [5.41, 5.74) is 0.129. The molecular weight excluding hydrogens is 665 g/mol. The van der Waals surface area contributed by atoms with Gasteiger partial charge in [-0.05, 0) is 44.0 Å². The van der Waals surface area contributed by atoms with E-state index in [9.17, 15) is 26.2 Å². The van der Waals surface area contributed by atoms with Crippen molar-refractivity contribution in [3.63, 3.8) is 0 Å². The number of aliphatic carboxylic acids is 1. The largest absolute Gasteiger partial charge is 0.492 e. The van der Waals surface area contributed by atoms with Crippen LogP contribution in [0.4, 0.5) is 5.69 Å². The molecule has 0 aliphatic carbocycles. The van der Waals surface area contributed by atoms with Crippen molar-refractivity contribution in [2.45, 2.75) is 112 Å². The first-order valence-corrected chi connectivity index (χ1v) is 19.8. The molecule has 0 amide bonds. The van der Waals surface area contributed by atoms with E-state index in [1.54, 1.807) is 36.4 Å². The highest BCUT2D eigenvalue weighted by Crippen LogP contribution is 2.40. The Kier molecular flexibility index (Phi) is 15.6. The molecule has 1 aliphatic heterocycles. The number of benzene rings is 2. The number of hydrogen-bond acceptors (Lipinski definition) is 9. The summed E-state index contributed by atoms with van der Waals surface area (Å²) in [4.78, 5) is 10.4. The van der Waals surface area contributed by atoms with Crippen LogP contribution in [0.15, 0.2) is 74.2 Å². The first kappa shape index (κ1) is 38.4. The van der Waals surface area contributed by atoms with E-state index in [1.807, 2.05) is 0 Å². The highest BCUT2D eigenvalue weighted by atomic mass is 32.3. The SMILES string of the molecule is CC1(S(=O)(=O)O)SN=NC1=NN(c1ccccc1)S(=O)(=O)c1ccccc1OCCCCCCCCCCCCCCCCC(=O)O. The zero-order valence-corrected chi connectivity index (χ0v) is 29.3. The van der Waals surface area contributed by atoms with E-state index in [0.29, 0.717) is 23.0 Å². The van der Waals surface area contributed by atoms with Gasteiger partial charge in [0, 0.05) is 18.4 Å². The molecule has 0 radical (unpaired) electrons. The lowest BCUT2D eigenvalue weighted by Crippen LogP contribution is -2.39. The fourth-order valence-electron chi connectivity index (χ4n) is 4.99. The number of amidine groups is 1. The van der Waals surface area contributed by atoms with Crippen molar-refractivity contribution in [2.24, 2.45) is 14.7 Å². The van der Waals surface area contributed by atoms with Gasteiger partial charge in [0.15, 0.2) is 0 Å². The monoisotopic (exact) mass is 710 g/mol. The Labute approximate surface area is 283 Å². The van der Waals surface area contributed by atoms with E-state index >= 15 is 0 Å². The van der Waals surface area contributed by atoms with Crippen molar-refractivity contribution >= 4 is 49.6 Å². The second-order valence-electron chi connectivity index (χ2n) is 11.6. The Balaban J connectivity index is 1.47. The molecule has 15 heteroatoms. The quantitative estimate of drug-likeness (QED) is 0.0498. The van der Waals surface area contributed by atoms with Gasteiger partial charge in [-0.25, -0.2) is 0 Å². The highest BCUT2D eigenvalue weighted by Gasteiger charge is 2.50. The number of hydrogen-bond donors (Lipinski definition) is 2. The molecule has 1 heterocycles. The first-order chi connectivity index (χ1) is 22.5. The maximum atomic E-state index is 14.0. The standard InChI is InChI=1S/C32H46N4O8S3/c1-32(47(41,42)43)31(33-35-45-32)34-36(27-21-15-14-16-22-27)46(39,40)29-24-19-18-23-28(29)44-26-20-13-11-9-7-5-3-2-4-6-8-10-12-17-25-30(37)38/h14-16,18-19,21-24H,2-13,17,20,25-26H2,1H3,(H,37,38)(H,41,42,43). The lowest BCUT2D eigenvalue weighted by Gasteiger charge is -2.23. The van der Waals surface area contributed by atoms with Crippen molar-refractivity contribution in [1.82, 2.24) is 0 Å². The van der Waals surface area contributed by atoms with Crippen LogP contribution >= 0.6 is 11.9 Å². The lowest BCUT2D eigenvalue weighted by molar-refractivity contribution is -0.137. The molecular formula is C32H46N4O8S3. The maximum absolute atomic E-state index is 14.0. The van der Waals surface area contributed by atoms with E-state index in [-0.39, 0.29) is 22.8 Å². The van der Waals surface area contributed by atoms with Gasteiger partial charge in [0.05, 0.1) is 12.3 Å². The molecule has 2 N–H and O–H groups in total. The Morgan fingerprint density at radius 3 is 1.87 bits per heavy atom. The number of hydrazone groups is 1. The van der Waals surface area contributed by atoms with Crippen LogP contribution < -0.4 is 9.15 Å². The normalized spacial score (nSPS) is 17.3. The number of nitrogens with zero attached hydrogens (tertiary/aromatic N) is 4. The van der Waals surface area contributed by atoms with Crippen LogP contribution in [0.5, 0.6) is 5.75 Å². The average molecular weight is 711 g/mol. The number of carboxylic acid groups (broad SMARTS) is 1. The Bertz CT molecular complexity index is 1550. The summed E-state index contributed by atoms with van der Waals surface area (Å²) in [7, 11) is -9.18. The molecule has 260 valence electrons. The number of para-hydroxylation sites is 2. The third-order valence-corrected chi connectivity index (χ3v) is 12.2. The predicted octanol–water partition coefficient (Wildman–Crippen LogP) is 8.23. The van der Waals surface area contributed by atoms with Gasteiger partial charge < -0.3 is 9.84 Å². The molecule has 1 atom stereocenters. The molecule has 3 rings (SSSR count). The van der Waals surface area contributed by atoms with Gasteiger partial charge in [-0.3, -0.25) is 9.35 Å². The third kappa shape index (κ3) is 11.9. The van der Waals surface area contributed by atoms with Gasteiger partial charge in [0.1, 0.15) is 10.6 Å². The van der Waals surface area contributed by atoms with E-state index in [0.717, 1.165) is 51.9 Å². The molecule has 1 unspecified atom stereocenters. The number of anilines is 1. The molecule has 0 aromatic heterocycles. The van der Waals surface area contributed by atoms with Gasteiger partial charge >= 0.3 is 5.97 Å². The molecule has 2 aromatic rings. The van der Waals surface area contributed by atoms with Gasteiger partial charge in [-0.15, -0.1) is 14.7 Å². The minimum absolute atomic E-state index is 0.129. The van der Waals surface area contributed by atoms with Gasteiger partial charge in [-0.1, -0.05) is 107 Å². The molecule has 1 aliphatic rings. The van der Waals surface area contributed by atoms with E-state index < -0.39 is 36.0 Å². The van der Waals surface area contributed by atoms with Crippen LogP contribution in [0.2, 0.25) is 0 Å². The molecule has 47 heavy (non-hydrogen) atoms. The minimum atomic E-state index is -4.75. The Morgan fingerprint density at radius 1 is 0.809 bits per heavy atom. The smallest absolute Gasteiger partial charge is 0.303 e. The minimum Gasteiger partial charge on any atom is -0.492 e. The van der Waals surface area contributed by atoms with Crippen LogP contribution in [0.25, 0.3) is 0 Å². The van der Waals surface area contributed by atoms with Crippen LogP contribution in [0, 0.1) is 0 Å². The number of carbonyl (C=O) groups is 1. The topological polar surface area (TPSA) is 175 Å². The van der Waals surface area contributed by atoms with E-state index in [4.69, 9.17) is 9.84 Å². The third-order valence-electron chi connectivity index (χ3n) is 7.81. The summed E-state index contributed by atoms with van der Waals surface area (Å²) >= 11 is 0.466. The highest BCUT2D eigenvalue weighted by molar-refractivity contribution is 8.13. The fourth-order valence-corrected chi connectivity index (χ4v) is 7.62. The first-order valence-electron chi connectivity index (χ1n) is 16.2. The predicted molar refractivity (Wildman–Crippen MR) is 185 cm³/mol. The number of carboxylic acids is 1. The number of ether oxygens (including phenoxy) is 1. The number of sulfonamides is 1. The molecule has 0 saturated heterocycles. The van der Waals surface area contributed by atoms with Crippen molar-refractivity contribution < 1.29 is 36.0 Å². The summed E-state index contributed by atoms with van der Waals surface area (Å²) in [5.74, 6) is -1.05. The molecule has 12 nitrogen and oxygen atoms in total. The van der Waals surface area contributed by atoms with Gasteiger partial charge in [0.25, 0.3) is 20.1 Å². The van der Waals surface area contributed by atoms with Crippen molar-refractivity contribution in [3.05, 3.63) is 54.6 Å². The Hall–Kier alpha value is -3.01. The van der Waals surface area contributed by atoms with Crippen molar-refractivity contribution in [2.75, 3.05) is 11.0 Å². The molecule has 0 bridgehead atoms. The molecule has 2 aromatic carbocycles. The maximum Gasteiger partial charge on any atom is 0.303 e. The van der Waals surface area contributed by atoms with E-state index in [2.05, 4.69) is 14.7 Å². The molecule has 0 saturated carbocycles. The van der Waals surface area contributed by atoms with Crippen LogP contribution in [-0.2, 0) is 24.9 Å². The van der Waals surface area contributed by atoms with Gasteiger partial charge in [-0.2, -0.15) is 21.2 Å². The van der Waals surface area contributed by atoms with Crippen LogP contribution in [-0.4, -0.2) is 49.0 Å². The number of rotatable bonds is 23. The fraction of sp³-hybridized carbons (Fsp3) is 0.562. The molecule has 0 fully saturated rings. The summed E-state index contributed by atoms with van der Waals surface area (Å²) in [6.07, 6.45) is 15.6. The number of unbranched alkanes of at least 4 members (excludes halogenated alkanes) is 13. The second-order valence-corrected chi connectivity index (χ2v) is 16.5. The Morgan fingerprint density at radius 2 is 1.32 bits per heavy atom. The van der Waals surface area contributed by atoms with Crippen LogP contribution in [0.3, 0.4) is 0 Å². The summed E-state index contributed by atoms with van der Waals surface area (Å²) in [6, 6.07) is 14.1.